The first kappa shape index (κ1) is 11.6. The number of thioether (sulfide) groups is 1. The highest BCUT2D eigenvalue weighted by molar-refractivity contribution is 7.99. The largest absolute Gasteiger partial charge is 0.469 e. The molecule has 2 unspecified atom stereocenters. The van der Waals surface area contributed by atoms with E-state index in [0.29, 0.717) is 12.1 Å². The van der Waals surface area contributed by atoms with Crippen LogP contribution in [0, 0.1) is 0 Å². The van der Waals surface area contributed by atoms with Crippen LogP contribution in [0.5, 0.6) is 0 Å². The van der Waals surface area contributed by atoms with Crippen LogP contribution in [0.4, 0.5) is 0 Å². The van der Waals surface area contributed by atoms with E-state index in [2.05, 4.69) is 35.6 Å². The smallest absolute Gasteiger partial charge is 0.108 e. The molecular formula is C16H17NOS. The number of rotatable bonds is 2. The van der Waals surface area contributed by atoms with Gasteiger partial charge in [0.25, 0.3) is 0 Å². The molecule has 0 radical (unpaired) electrons. The van der Waals surface area contributed by atoms with E-state index in [-0.39, 0.29) is 0 Å². The van der Waals surface area contributed by atoms with Crippen molar-refractivity contribution >= 4 is 11.8 Å². The molecule has 0 saturated carbocycles. The van der Waals surface area contributed by atoms with Gasteiger partial charge in [-0.15, -0.1) is 11.8 Å². The topological polar surface area (TPSA) is 25.2 Å². The van der Waals surface area contributed by atoms with Crippen molar-refractivity contribution < 1.29 is 4.42 Å². The molecule has 3 heteroatoms. The molecule has 2 aliphatic rings. The summed E-state index contributed by atoms with van der Waals surface area (Å²) >= 11 is 1.96. The van der Waals surface area contributed by atoms with E-state index < -0.39 is 0 Å². The molecule has 0 saturated heterocycles. The summed E-state index contributed by atoms with van der Waals surface area (Å²) in [7, 11) is 0. The molecule has 2 nitrogen and oxygen atoms in total. The number of fused-ring (bicyclic) bond motifs is 2. The molecule has 4 rings (SSSR count). The number of furan rings is 1. The molecule has 98 valence electrons. The van der Waals surface area contributed by atoms with Crippen molar-refractivity contribution in [3.8, 4) is 0 Å². The van der Waals surface area contributed by atoms with Crippen LogP contribution in [-0.4, -0.2) is 5.75 Å². The van der Waals surface area contributed by atoms with Crippen LogP contribution in [0.1, 0.15) is 41.8 Å². The van der Waals surface area contributed by atoms with Gasteiger partial charge in [0.15, 0.2) is 0 Å². The van der Waals surface area contributed by atoms with Crippen LogP contribution in [0.3, 0.4) is 0 Å². The first-order valence-corrected chi connectivity index (χ1v) is 7.94. The first-order valence-electron chi connectivity index (χ1n) is 6.96. The van der Waals surface area contributed by atoms with Gasteiger partial charge in [0.2, 0.25) is 0 Å². The minimum atomic E-state index is 0.458. The Morgan fingerprint density at radius 3 is 3.05 bits per heavy atom. The van der Waals surface area contributed by atoms with Crippen molar-refractivity contribution in [1.29, 1.82) is 0 Å². The molecule has 0 spiro atoms. The van der Waals surface area contributed by atoms with Crippen LogP contribution >= 0.6 is 11.8 Å². The second-order valence-corrected chi connectivity index (χ2v) is 6.37. The molecule has 0 fully saturated rings. The van der Waals surface area contributed by atoms with Crippen LogP contribution in [0.2, 0.25) is 0 Å². The second-order valence-electron chi connectivity index (χ2n) is 5.31. The predicted octanol–water partition coefficient (Wildman–Crippen LogP) is 4.09. The average Bonchev–Trinajstić information content (AvgIpc) is 3.06. The molecule has 19 heavy (non-hydrogen) atoms. The van der Waals surface area contributed by atoms with Crippen molar-refractivity contribution in [2.75, 3.05) is 5.75 Å². The standard InChI is InChI=1S/C16H17NOS/c1-2-7-16-12(4-1)14(10-19-16)17-13-5-3-6-15-11(13)8-9-18-15/h1-2,4,7-9,13-14,17H,3,5-6,10H2. The van der Waals surface area contributed by atoms with Gasteiger partial charge in [-0.1, -0.05) is 18.2 Å². The van der Waals surface area contributed by atoms with Gasteiger partial charge in [-0.2, -0.15) is 0 Å². The number of nitrogens with one attached hydrogen (secondary N) is 1. The molecule has 2 atom stereocenters. The molecule has 1 aromatic heterocycles. The third-order valence-electron chi connectivity index (χ3n) is 4.15. The lowest BCUT2D eigenvalue weighted by atomic mass is 9.92. The molecular weight excluding hydrogens is 254 g/mol. The van der Waals surface area contributed by atoms with Crippen LogP contribution in [-0.2, 0) is 6.42 Å². The van der Waals surface area contributed by atoms with E-state index in [4.69, 9.17) is 4.42 Å². The highest BCUT2D eigenvalue weighted by atomic mass is 32.2. The summed E-state index contributed by atoms with van der Waals surface area (Å²) in [5, 5.41) is 3.84. The number of hydrogen-bond donors (Lipinski definition) is 1. The van der Waals surface area contributed by atoms with Crippen molar-refractivity contribution in [1.82, 2.24) is 5.32 Å². The Labute approximate surface area is 117 Å². The maximum absolute atomic E-state index is 5.57. The Morgan fingerprint density at radius 2 is 2.05 bits per heavy atom. The Bertz CT molecular complexity index is 592. The molecule has 1 N–H and O–H groups in total. The molecule has 2 aromatic rings. The fourth-order valence-corrected chi connectivity index (χ4v) is 4.38. The van der Waals surface area contributed by atoms with Crippen molar-refractivity contribution in [2.45, 2.75) is 36.2 Å². The maximum Gasteiger partial charge on any atom is 0.108 e. The van der Waals surface area contributed by atoms with Crippen molar-refractivity contribution in [3.63, 3.8) is 0 Å². The summed E-state index contributed by atoms with van der Waals surface area (Å²) in [6.45, 7) is 0. The highest BCUT2D eigenvalue weighted by Crippen LogP contribution is 2.40. The summed E-state index contributed by atoms with van der Waals surface area (Å²) in [5.74, 6) is 2.32. The van der Waals surface area contributed by atoms with Gasteiger partial charge in [-0.05, 0) is 30.5 Å². The van der Waals surface area contributed by atoms with E-state index in [1.165, 1.54) is 34.6 Å². The fraction of sp³-hybridized carbons (Fsp3) is 0.375. The van der Waals surface area contributed by atoms with Crippen molar-refractivity contribution in [3.05, 3.63) is 53.5 Å². The lowest BCUT2D eigenvalue weighted by molar-refractivity contribution is 0.388. The molecule has 2 heterocycles. The van der Waals surface area contributed by atoms with E-state index >= 15 is 0 Å². The Morgan fingerprint density at radius 1 is 1.11 bits per heavy atom. The van der Waals surface area contributed by atoms with E-state index in [9.17, 15) is 0 Å². The lowest BCUT2D eigenvalue weighted by Crippen LogP contribution is -2.28. The molecule has 0 amide bonds. The van der Waals surface area contributed by atoms with Crippen LogP contribution in [0.15, 0.2) is 45.9 Å². The van der Waals surface area contributed by atoms with Gasteiger partial charge < -0.3 is 9.73 Å². The minimum Gasteiger partial charge on any atom is -0.469 e. The zero-order chi connectivity index (χ0) is 12.7. The van der Waals surface area contributed by atoms with Gasteiger partial charge in [-0.3, -0.25) is 0 Å². The van der Waals surface area contributed by atoms with E-state index in [1.807, 2.05) is 18.0 Å². The average molecular weight is 271 g/mol. The number of aryl methyl sites for hydroxylation is 1. The third-order valence-corrected chi connectivity index (χ3v) is 5.34. The van der Waals surface area contributed by atoms with Gasteiger partial charge >= 0.3 is 0 Å². The van der Waals surface area contributed by atoms with Gasteiger partial charge in [0.1, 0.15) is 5.76 Å². The summed E-state index contributed by atoms with van der Waals surface area (Å²) in [4.78, 5) is 1.43. The van der Waals surface area contributed by atoms with Gasteiger partial charge in [-0.25, -0.2) is 0 Å². The summed E-state index contributed by atoms with van der Waals surface area (Å²) in [5.41, 5.74) is 2.84. The summed E-state index contributed by atoms with van der Waals surface area (Å²) < 4.78 is 5.57. The molecule has 1 aliphatic carbocycles. The lowest BCUT2D eigenvalue weighted by Gasteiger charge is -2.26. The van der Waals surface area contributed by atoms with Crippen LogP contribution < -0.4 is 5.32 Å². The number of hydrogen-bond acceptors (Lipinski definition) is 3. The minimum absolute atomic E-state index is 0.458. The predicted molar refractivity (Wildman–Crippen MR) is 77.4 cm³/mol. The van der Waals surface area contributed by atoms with E-state index in [0.717, 1.165) is 12.2 Å². The second kappa shape index (κ2) is 4.73. The first-order chi connectivity index (χ1) is 9.42. The Kier molecular flexibility index (Phi) is 2.89. The SMILES string of the molecule is c1ccc2c(c1)SCC2NC1CCCc2occc21. The van der Waals surface area contributed by atoms with Crippen LogP contribution in [0.25, 0.3) is 0 Å². The highest BCUT2D eigenvalue weighted by Gasteiger charge is 2.28. The molecule has 0 bridgehead atoms. The van der Waals surface area contributed by atoms with Gasteiger partial charge in [0.05, 0.1) is 6.26 Å². The quantitative estimate of drug-likeness (QED) is 0.890. The fourth-order valence-electron chi connectivity index (χ4n) is 3.20. The normalized spacial score (nSPS) is 25.1. The van der Waals surface area contributed by atoms with E-state index in [1.54, 1.807) is 0 Å². The number of benzene rings is 1. The monoisotopic (exact) mass is 271 g/mol. The zero-order valence-electron chi connectivity index (χ0n) is 10.8. The molecule has 1 aliphatic heterocycles. The Hall–Kier alpha value is -1.19. The van der Waals surface area contributed by atoms with Gasteiger partial charge in [0, 0.05) is 34.7 Å². The summed E-state index contributed by atoms with van der Waals surface area (Å²) in [6, 6.07) is 11.8. The summed E-state index contributed by atoms with van der Waals surface area (Å²) in [6.07, 6.45) is 5.37. The molecule has 1 aromatic carbocycles. The zero-order valence-corrected chi connectivity index (χ0v) is 11.6. The Balaban J connectivity index is 1.58. The third kappa shape index (κ3) is 2.01. The van der Waals surface area contributed by atoms with Crippen molar-refractivity contribution in [2.24, 2.45) is 0 Å². The maximum atomic E-state index is 5.57.